The summed E-state index contributed by atoms with van der Waals surface area (Å²) in [5.74, 6) is -1.90. The molecule has 0 aliphatic heterocycles. The lowest BCUT2D eigenvalue weighted by atomic mass is 10.1. The van der Waals surface area contributed by atoms with Crippen molar-refractivity contribution in [2.75, 3.05) is 6.61 Å². The van der Waals surface area contributed by atoms with Crippen LogP contribution >= 0.6 is 11.3 Å². The zero-order chi connectivity index (χ0) is 18.4. The first-order valence-corrected chi connectivity index (χ1v) is 7.83. The zero-order valence-electron chi connectivity index (χ0n) is 12.6. The maximum Gasteiger partial charge on any atom is 0.422 e. The Labute approximate surface area is 144 Å². The highest BCUT2D eigenvalue weighted by atomic mass is 32.1. The molecule has 1 aromatic carbocycles. The first kappa shape index (κ1) is 18.7. The molecule has 25 heavy (non-hydrogen) atoms. The number of nitrogens with one attached hydrogen (secondary N) is 1. The average Bonchev–Trinajstić information content (AvgIpc) is 3.05. The molecule has 0 saturated heterocycles. The van der Waals surface area contributed by atoms with Crippen LogP contribution in [0, 0.1) is 0 Å². The third kappa shape index (κ3) is 6.07. The third-order valence-corrected chi connectivity index (χ3v) is 3.81. The van der Waals surface area contributed by atoms with Gasteiger partial charge >= 0.3 is 12.1 Å². The van der Waals surface area contributed by atoms with E-state index in [1.165, 1.54) is 41.8 Å². The summed E-state index contributed by atoms with van der Waals surface area (Å²) in [4.78, 5) is 27.9. The maximum absolute atomic E-state index is 12.1. The Hall–Kier alpha value is -2.62. The van der Waals surface area contributed by atoms with Gasteiger partial charge in [-0.2, -0.15) is 13.2 Å². The van der Waals surface area contributed by atoms with Gasteiger partial charge in [-0.3, -0.25) is 9.78 Å². The van der Waals surface area contributed by atoms with Gasteiger partial charge in [-0.05, 0) is 24.3 Å². The number of ether oxygens (including phenoxy) is 1. The molecule has 0 fully saturated rings. The molecule has 0 radical (unpaired) electrons. The molecule has 1 unspecified atom stereocenters. The number of carboxylic acids is 1. The molecular weight excluding hydrogens is 361 g/mol. The summed E-state index contributed by atoms with van der Waals surface area (Å²) in [6.45, 7) is -1.44. The number of amides is 1. The van der Waals surface area contributed by atoms with Crippen LogP contribution in [0.25, 0.3) is 0 Å². The topological polar surface area (TPSA) is 88.5 Å². The van der Waals surface area contributed by atoms with Crippen LogP contribution in [-0.4, -0.2) is 40.8 Å². The van der Waals surface area contributed by atoms with E-state index in [2.05, 4.69) is 15.0 Å². The van der Waals surface area contributed by atoms with Crippen molar-refractivity contribution in [3.05, 3.63) is 46.4 Å². The van der Waals surface area contributed by atoms with E-state index in [1.807, 2.05) is 0 Å². The van der Waals surface area contributed by atoms with Crippen molar-refractivity contribution in [3.8, 4) is 5.75 Å². The highest BCUT2D eigenvalue weighted by molar-refractivity contribution is 7.09. The van der Waals surface area contributed by atoms with Gasteiger partial charge < -0.3 is 15.2 Å². The predicted octanol–water partition coefficient (Wildman–Crippen LogP) is 2.51. The first-order valence-electron chi connectivity index (χ1n) is 6.95. The molecule has 1 heterocycles. The number of rotatable bonds is 7. The summed E-state index contributed by atoms with van der Waals surface area (Å²) in [5, 5.41) is 11.6. The number of carbonyl (C=O) groups is 2. The van der Waals surface area contributed by atoms with Crippen molar-refractivity contribution in [2.24, 2.45) is 0 Å². The van der Waals surface area contributed by atoms with Crippen molar-refractivity contribution in [2.45, 2.75) is 18.6 Å². The number of aliphatic carboxylic acids is 1. The number of carbonyl (C=O) groups excluding carboxylic acids is 1. The molecule has 0 aliphatic carbocycles. The fourth-order valence-corrected chi connectivity index (χ4v) is 2.50. The minimum atomic E-state index is -4.46. The quantitative estimate of drug-likeness (QED) is 0.778. The van der Waals surface area contributed by atoms with E-state index < -0.39 is 30.7 Å². The Bertz CT molecular complexity index is 717. The van der Waals surface area contributed by atoms with Gasteiger partial charge in [0, 0.05) is 23.1 Å². The number of carboxylic acid groups (broad SMARTS) is 1. The summed E-state index contributed by atoms with van der Waals surface area (Å²) < 4.78 is 40.8. The molecule has 134 valence electrons. The summed E-state index contributed by atoms with van der Waals surface area (Å²) in [6, 6.07) is 3.78. The number of nitrogens with zero attached hydrogens (tertiary/aromatic N) is 1. The van der Waals surface area contributed by atoms with Crippen LogP contribution < -0.4 is 10.1 Å². The van der Waals surface area contributed by atoms with Crippen molar-refractivity contribution in [1.29, 1.82) is 0 Å². The minimum absolute atomic E-state index is 0.0479. The molecule has 2 N–H and O–H groups in total. The van der Waals surface area contributed by atoms with Crippen molar-refractivity contribution in [1.82, 2.24) is 10.3 Å². The molecule has 1 aromatic heterocycles. The number of aromatic nitrogens is 1. The Morgan fingerprint density at radius 1 is 1.28 bits per heavy atom. The Morgan fingerprint density at radius 3 is 2.48 bits per heavy atom. The fraction of sp³-hybridized carbons (Fsp3) is 0.267. The summed E-state index contributed by atoms with van der Waals surface area (Å²) >= 11 is 1.27. The monoisotopic (exact) mass is 374 g/mol. The normalized spacial score (nSPS) is 12.4. The molecule has 10 heteroatoms. The van der Waals surface area contributed by atoms with Crippen LogP contribution in [0.2, 0.25) is 0 Å². The van der Waals surface area contributed by atoms with Crippen molar-refractivity contribution >= 4 is 23.2 Å². The Morgan fingerprint density at radius 2 is 1.96 bits per heavy atom. The van der Waals surface area contributed by atoms with E-state index in [1.54, 1.807) is 5.51 Å². The van der Waals surface area contributed by atoms with Crippen molar-refractivity contribution < 1.29 is 32.6 Å². The highest BCUT2D eigenvalue weighted by Gasteiger charge is 2.28. The predicted molar refractivity (Wildman–Crippen MR) is 82.7 cm³/mol. The Balaban J connectivity index is 1.97. The summed E-state index contributed by atoms with van der Waals surface area (Å²) in [6.07, 6.45) is -2.86. The van der Waals surface area contributed by atoms with Crippen molar-refractivity contribution in [3.63, 3.8) is 0 Å². The van der Waals surface area contributed by atoms with Crippen LogP contribution in [0.3, 0.4) is 0 Å². The average molecular weight is 374 g/mol. The number of hydrogen-bond acceptors (Lipinski definition) is 5. The van der Waals surface area contributed by atoms with E-state index in [9.17, 15) is 27.9 Å². The van der Waals surface area contributed by atoms with Gasteiger partial charge in [0.15, 0.2) is 6.61 Å². The number of alkyl halides is 3. The van der Waals surface area contributed by atoms with Gasteiger partial charge in [0.05, 0.1) is 5.51 Å². The van der Waals surface area contributed by atoms with Gasteiger partial charge in [0.2, 0.25) is 0 Å². The van der Waals surface area contributed by atoms with E-state index >= 15 is 0 Å². The van der Waals surface area contributed by atoms with E-state index in [-0.39, 0.29) is 17.7 Å². The number of halogens is 3. The lowest BCUT2D eigenvalue weighted by Crippen LogP contribution is -2.42. The van der Waals surface area contributed by atoms with Gasteiger partial charge in [-0.1, -0.05) is 0 Å². The van der Waals surface area contributed by atoms with Crippen LogP contribution in [0.1, 0.15) is 15.2 Å². The maximum atomic E-state index is 12.1. The minimum Gasteiger partial charge on any atom is -0.484 e. The van der Waals surface area contributed by atoms with Crippen LogP contribution in [-0.2, 0) is 11.2 Å². The van der Waals surface area contributed by atoms with Crippen LogP contribution in [0.4, 0.5) is 13.2 Å². The standard InChI is InChI=1S/C15H13F3N2O4S/c16-15(17,18)7-24-10-3-1-9(2-4-10)13(21)20-12(14(22)23)5-11-6-19-8-25-11/h1-4,6,8,12H,5,7H2,(H,20,21)(H,22,23). The molecule has 2 aromatic rings. The van der Waals surface area contributed by atoms with Gasteiger partial charge in [-0.25, -0.2) is 4.79 Å². The van der Waals surface area contributed by atoms with E-state index in [0.29, 0.717) is 4.88 Å². The highest BCUT2D eigenvalue weighted by Crippen LogP contribution is 2.19. The molecular formula is C15H13F3N2O4S. The fourth-order valence-electron chi connectivity index (χ4n) is 1.85. The SMILES string of the molecule is O=C(NC(Cc1cncs1)C(=O)O)c1ccc(OCC(F)(F)F)cc1. The molecule has 0 aliphatic rings. The number of benzene rings is 1. The molecule has 0 spiro atoms. The summed E-state index contributed by atoms with van der Waals surface area (Å²) in [5.41, 5.74) is 1.66. The molecule has 0 bridgehead atoms. The number of thiazole rings is 1. The van der Waals surface area contributed by atoms with E-state index in [0.717, 1.165) is 0 Å². The smallest absolute Gasteiger partial charge is 0.422 e. The van der Waals surface area contributed by atoms with Crippen LogP contribution in [0.5, 0.6) is 5.75 Å². The zero-order valence-corrected chi connectivity index (χ0v) is 13.4. The Kier molecular flexibility index (Phi) is 5.97. The summed E-state index contributed by atoms with van der Waals surface area (Å²) in [7, 11) is 0. The second kappa shape index (κ2) is 7.97. The second-order valence-electron chi connectivity index (χ2n) is 4.96. The number of hydrogen-bond donors (Lipinski definition) is 2. The molecule has 1 atom stereocenters. The lowest BCUT2D eigenvalue weighted by Gasteiger charge is -2.14. The second-order valence-corrected chi connectivity index (χ2v) is 5.94. The third-order valence-electron chi connectivity index (χ3n) is 3.01. The van der Waals surface area contributed by atoms with E-state index in [4.69, 9.17) is 0 Å². The molecule has 0 saturated carbocycles. The lowest BCUT2D eigenvalue weighted by molar-refractivity contribution is -0.153. The molecule has 6 nitrogen and oxygen atoms in total. The largest absolute Gasteiger partial charge is 0.484 e. The van der Waals surface area contributed by atoms with Crippen LogP contribution in [0.15, 0.2) is 36.0 Å². The molecule has 2 rings (SSSR count). The van der Waals surface area contributed by atoms with Gasteiger partial charge in [0.1, 0.15) is 11.8 Å². The molecule has 1 amide bonds. The van der Waals surface area contributed by atoms with Gasteiger partial charge in [0.25, 0.3) is 5.91 Å². The van der Waals surface area contributed by atoms with Gasteiger partial charge in [-0.15, -0.1) is 11.3 Å². The first-order chi connectivity index (χ1) is 11.7.